The van der Waals surface area contributed by atoms with Crippen LogP contribution in [-0.4, -0.2) is 28.0 Å². The molecule has 1 aliphatic rings. The van der Waals surface area contributed by atoms with Crippen molar-refractivity contribution in [1.82, 2.24) is 9.78 Å². The fourth-order valence-corrected chi connectivity index (χ4v) is 5.11. The third-order valence-electron chi connectivity index (χ3n) is 7.38. The Balaban J connectivity index is 1.39. The third kappa shape index (κ3) is 6.33. The topological polar surface area (TPSA) is 59.7 Å². The van der Waals surface area contributed by atoms with Crippen LogP contribution in [0.5, 0.6) is 5.75 Å². The first-order valence-electron chi connectivity index (χ1n) is 14.8. The highest BCUT2D eigenvalue weighted by molar-refractivity contribution is 6.37. The summed E-state index contributed by atoms with van der Waals surface area (Å²) in [5, 5.41) is 11.3. The van der Waals surface area contributed by atoms with E-state index in [4.69, 9.17) is 14.9 Å². The number of aromatic nitrogens is 2. The molecule has 214 valence electrons. The number of carbonyl (C=O) groups is 1. The zero-order valence-electron chi connectivity index (χ0n) is 24.3. The van der Waals surface area contributed by atoms with Crippen LogP contribution in [0.2, 0.25) is 0 Å². The Morgan fingerprint density at radius 1 is 0.721 bits per heavy atom. The third-order valence-corrected chi connectivity index (χ3v) is 7.38. The van der Waals surface area contributed by atoms with Gasteiger partial charge in [0, 0.05) is 22.9 Å². The fraction of sp³-hybridized carbons (Fsp3) is 0.162. The number of unbranched alkanes of at least 4 members (excludes halogenated alkanes) is 3. The average Bonchev–Trinajstić information content (AvgIpc) is 3.64. The molecule has 6 rings (SSSR count). The van der Waals surface area contributed by atoms with Gasteiger partial charge in [0.15, 0.2) is 0 Å². The van der Waals surface area contributed by atoms with Crippen molar-refractivity contribution in [2.45, 2.75) is 32.6 Å². The van der Waals surface area contributed by atoms with E-state index in [1.807, 2.05) is 132 Å². The maximum absolute atomic E-state index is 13.9. The van der Waals surface area contributed by atoms with Crippen molar-refractivity contribution in [3.8, 4) is 22.7 Å². The summed E-state index contributed by atoms with van der Waals surface area (Å²) in [6.07, 6.45) is 8.55. The molecule has 0 radical (unpaired) electrons. The summed E-state index contributed by atoms with van der Waals surface area (Å²) in [7, 11) is 0. The van der Waals surface area contributed by atoms with Gasteiger partial charge in [0.1, 0.15) is 11.5 Å². The van der Waals surface area contributed by atoms with Crippen molar-refractivity contribution in [3.05, 3.63) is 138 Å². The monoisotopic (exact) mass is 566 g/mol. The van der Waals surface area contributed by atoms with Crippen LogP contribution in [0.4, 0.5) is 5.69 Å². The molecule has 0 unspecified atom stereocenters. The van der Waals surface area contributed by atoms with Gasteiger partial charge in [-0.25, -0.2) is 4.68 Å². The molecule has 0 saturated heterocycles. The highest BCUT2D eigenvalue weighted by Crippen LogP contribution is 2.32. The van der Waals surface area contributed by atoms with E-state index in [1.165, 1.54) is 24.3 Å². The quantitative estimate of drug-likeness (QED) is 0.119. The normalized spacial score (nSPS) is 13.9. The van der Waals surface area contributed by atoms with Crippen LogP contribution in [0, 0.1) is 0 Å². The van der Waals surface area contributed by atoms with E-state index in [9.17, 15) is 4.79 Å². The summed E-state index contributed by atoms with van der Waals surface area (Å²) in [6, 6.07) is 37.3. The van der Waals surface area contributed by atoms with Crippen molar-refractivity contribution >= 4 is 23.4 Å². The number of hydrogen-bond donors (Lipinski definition) is 0. The minimum atomic E-state index is -0.185. The Labute approximate surface area is 252 Å². The lowest BCUT2D eigenvalue weighted by molar-refractivity contribution is -0.114. The highest BCUT2D eigenvalue weighted by atomic mass is 16.5. The summed E-state index contributed by atoms with van der Waals surface area (Å²) >= 11 is 0. The van der Waals surface area contributed by atoms with Crippen LogP contribution in [0.3, 0.4) is 0 Å². The second kappa shape index (κ2) is 13.2. The number of hydrazone groups is 1. The molecule has 0 fully saturated rings. The SMILES string of the molecule is CCCCCCOc1ccc(-c2nn(-c3ccccc3)cc2/C=C2\C(=O)N(c3ccccc3)N=C2c2ccccc2)cc1. The molecular weight excluding hydrogens is 532 g/mol. The second-order valence-electron chi connectivity index (χ2n) is 10.5. The molecule has 43 heavy (non-hydrogen) atoms. The molecule has 1 amide bonds. The van der Waals surface area contributed by atoms with Gasteiger partial charge in [0.2, 0.25) is 0 Å². The van der Waals surface area contributed by atoms with E-state index in [1.54, 1.807) is 0 Å². The van der Waals surface area contributed by atoms with E-state index in [0.29, 0.717) is 17.9 Å². The van der Waals surface area contributed by atoms with Gasteiger partial charge in [-0.1, -0.05) is 92.9 Å². The number of nitrogens with zero attached hydrogens (tertiary/aromatic N) is 4. The van der Waals surface area contributed by atoms with Gasteiger partial charge in [-0.15, -0.1) is 0 Å². The Kier molecular flexibility index (Phi) is 8.55. The smallest absolute Gasteiger partial charge is 0.281 e. The Hall–Kier alpha value is -5.23. The minimum Gasteiger partial charge on any atom is -0.494 e. The van der Waals surface area contributed by atoms with E-state index in [2.05, 4.69) is 6.92 Å². The average molecular weight is 567 g/mol. The van der Waals surface area contributed by atoms with Crippen LogP contribution in [0.15, 0.2) is 132 Å². The number of rotatable bonds is 11. The van der Waals surface area contributed by atoms with Crippen LogP contribution in [0.25, 0.3) is 23.0 Å². The molecule has 0 atom stereocenters. The largest absolute Gasteiger partial charge is 0.494 e. The van der Waals surface area contributed by atoms with Gasteiger partial charge >= 0.3 is 0 Å². The molecule has 1 aromatic heterocycles. The Morgan fingerprint density at radius 2 is 1.37 bits per heavy atom. The zero-order chi connectivity index (χ0) is 29.4. The molecule has 4 aromatic carbocycles. The van der Waals surface area contributed by atoms with E-state index >= 15 is 0 Å². The molecular formula is C37H34N4O2. The number of hydrogen-bond acceptors (Lipinski definition) is 4. The lowest BCUT2D eigenvalue weighted by Gasteiger charge is -2.10. The van der Waals surface area contributed by atoms with E-state index in [0.717, 1.165) is 45.9 Å². The number of para-hydroxylation sites is 2. The minimum absolute atomic E-state index is 0.185. The number of benzene rings is 4. The van der Waals surface area contributed by atoms with Crippen molar-refractivity contribution in [3.63, 3.8) is 0 Å². The van der Waals surface area contributed by atoms with Crippen LogP contribution in [0.1, 0.15) is 43.7 Å². The number of amides is 1. The lowest BCUT2D eigenvalue weighted by Crippen LogP contribution is -2.21. The molecule has 5 aromatic rings. The van der Waals surface area contributed by atoms with Crippen molar-refractivity contribution in [2.24, 2.45) is 5.10 Å². The molecule has 2 heterocycles. The predicted molar refractivity (Wildman–Crippen MR) is 174 cm³/mol. The maximum Gasteiger partial charge on any atom is 0.281 e. The first-order chi connectivity index (χ1) is 21.2. The van der Waals surface area contributed by atoms with E-state index < -0.39 is 0 Å². The first-order valence-corrected chi connectivity index (χ1v) is 14.8. The van der Waals surface area contributed by atoms with Gasteiger partial charge < -0.3 is 4.74 Å². The highest BCUT2D eigenvalue weighted by Gasteiger charge is 2.32. The Morgan fingerprint density at radius 3 is 2.05 bits per heavy atom. The predicted octanol–water partition coefficient (Wildman–Crippen LogP) is 8.33. The number of carbonyl (C=O) groups excluding carboxylic acids is 1. The number of ether oxygens (including phenoxy) is 1. The standard InChI is InChI=1S/C37H34N4O2/c1-2-3-4-14-25-43-33-23-21-29(22-24-33)35-30(27-40(38-35)31-17-10-6-11-18-31)26-34-36(28-15-8-5-9-16-28)39-41(37(34)42)32-19-12-7-13-20-32/h5-13,15-24,26-27H,2-4,14,25H2,1H3/b34-26-. The van der Waals surface area contributed by atoms with Crippen molar-refractivity contribution in [1.29, 1.82) is 0 Å². The van der Waals surface area contributed by atoms with Gasteiger partial charge in [0.25, 0.3) is 5.91 Å². The fourth-order valence-electron chi connectivity index (χ4n) is 5.11. The summed E-state index contributed by atoms with van der Waals surface area (Å²) in [4.78, 5) is 13.9. The second-order valence-corrected chi connectivity index (χ2v) is 10.5. The molecule has 6 heteroatoms. The van der Waals surface area contributed by atoms with Gasteiger partial charge in [-0.05, 0) is 61.0 Å². The van der Waals surface area contributed by atoms with Crippen molar-refractivity contribution in [2.75, 3.05) is 11.6 Å². The van der Waals surface area contributed by atoms with Crippen LogP contribution in [-0.2, 0) is 4.79 Å². The summed E-state index contributed by atoms with van der Waals surface area (Å²) < 4.78 is 7.84. The number of anilines is 1. The Bertz CT molecular complexity index is 1720. The molecule has 0 bridgehead atoms. The first kappa shape index (κ1) is 27.9. The van der Waals surface area contributed by atoms with Crippen LogP contribution < -0.4 is 9.75 Å². The van der Waals surface area contributed by atoms with Gasteiger partial charge in [-0.2, -0.15) is 15.2 Å². The summed E-state index contributed by atoms with van der Waals surface area (Å²) in [5.74, 6) is 0.654. The lowest BCUT2D eigenvalue weighted by atomic mass is 9.99. The molecule has 0 saturated carbocycles. The molecule has 1 aliphatic heterocycles. The zero-order valence-corrected chi connectivity index (χ0v) is 24.3. The van der Waals surface area contributed by atoms with E-state index in [-0.39, 0.29) is 5.91 Å². The van der Waals surface area contributed by atoms with Crippen LogP contribution >= 0.6 is 0 Å². The molecule has 0 spiro atoms. The van der Waals surface area contributed by atoms with Gasteiger partial charge in [0.05, 0.1) is 29.2 Å². The summed E-state index contributed by atoms with van der Waals surface area (Å²) in [6.45, 7) is 2.92. The van der Waals surface area contributed by atoms with Crippen molar-refractivity contribution < 1.29 is 9.53 Å². The maximum atomic E-state index is 13.9. The summed E-state index contributed by atoms with van der Waals surface area (Å²) in [5.41, 5.74) is 6.18. The molecule has 6 nitrogen and oxygen atoms in total. The molecule has 0 N–H and O–H groups in total. The van der Waals surface area contributed by atoms with Gasteiger partial charge in [-0.3, -0.25) is 4.79 Å². The molecule has 0 aliphatic carbocycles.